The van der Waals surface area contributed by atoms with Crippen LogP contribution >= 0.6 is 0 Å². The van der Waals surface area contributed by atoms with Crippen LogP contribution < -0.4 is 5.32 Å². The van der Waals surface area contributed by atoms with E-state index in [4.69, 9.17) is 8.94 Å². The zero-order valence-corrected chi connectivity index (χ0v) is 15.7. The van der Waals surface area contributed by atoms with Crippen LogP contribution in [0.3, 0.4) is 0 Å². The highest BCUT2D eigenvalue weighted by atomic mass is 16.5. The molecule has 146 valence electrons. The van der Waals surface area contributed by atoms with E-state index in [1.807, 2.05) is 42.5 Å². The Hall–Kier alpha value is -2.93. The lowest BCUT2D eigenvalue weighted by Gasteiger charge is -2.30. The smallest absolute Gasteiger partial charge is 0.231 e. The summed E-state index contributed by atoms with van der Waals surface area (Å²) in [6, 6.07) is 13.8. The normalized spacial score (nSPS) is 15.6. The molecular weight excluding hydrogens is 356 g/mol. The van der Waals surface area contributed by atoms with E-state index in [2.05, 4.69) is 20.4 Å². The molecule has 4 rings (SSSR count). The Labute approximate surface area is 163 Å². The van der Waals surface area contributed by atoms with Crippen molar-refractivity contribution in [1.29, 1.82) is 0 Å². The minimum Gasteiger partial charge on any atom is -0.468 e. The SMILES string of the molecule is O=C(NCc1noc(Cc2ccccc2)n1)C1CCN(Cc2ccco2)CC1. The van der Waals surface area contributed by atoms with Gasteiger partial charge in [0, 0.05) is 5.92 Å². The molecule has 0 aliphatic carbocycles. The van der Waals surface area contributed by atoms with Crippen molar-refractivity contribution in [1.82, 2.24) is 20.4 Å². The minimum absolute atomic E-state index is 0.0311. The first-order chi connectivity index (χ1) is 13.8. The van der Waals surface area contributed by atoms with Gasteiger partial charge in [-0.05, 0) is 43.6 Å². The van der Waals surface area contributed by atoms with Gasteiger partial charge in [-0.2, -0.15) is 4.98 Å². The van der Waals surface area contributed by atoms with Crippen LogP contribution in [0.5, 0.6) is 0 Å². The van der Waals surface area contributed by atoms with Crippen molar-refractivity contribution in [2.24, 2.45) is 5.92 Å². The average molecular weight is 380 g/mol. The zero-order chi connectivity index (χ0) is 19.2. The monoisotopic (exact) mass is 380 g/mol. The molecule has 0 unspecified atom stereocenters. The number of hydrogen-bond acceptors (Lipinski definition) is 6. The summed E-state index contributed by atoms with van der Waals surface area (Å²) in [7, 11) is 0. The molecule has 3 heterocycles. The second-order valence-corrected chi connectivity index (χ2v) is 7.11. The maximum Gasteiger partial charge on any atom is 0.231 e. The van der Waals surface area contributed by atoms with Gasteiger partial charge in [0.05, 0.1) is 25.8 Å². The summed E-state index contributed by atoms with van der Waals surface area (Å²) in [5.74, 6) is 2.12. The van der Waals surface area contributed by atoms with Crippen molar-refractivity contribution in [3.63, 3.8) is 0 Å². The Balaban J connectivity index is 1.21. The van der Waals surface area contributed by atoms with Gasteiger partial charge in [-0.1, -0.05) is 35.5 Å². The Bertz CT molecular complexity index is 868. The highest BCUT2D eigenvalue weighted by Gasteiger charge is 2.25. The topological polar surface area (TPSA) is 84.4 Å². The number of nitrogens with zero attached hydrogens (tertiary/aromatic N) is 3. The number of carbonyl (C=O) groups is 1. The molecule has 7 nitrogen and oxygen atoms in total. The largest absolute Gasteiger partial charge is 0.468 e. The molecule has 0 atom stereocenters. The molecule has 1 aliphatic rings. The van der Waals surface area contributed by atoms with E-state index in [0.717, 1.165) is 43.8 Å². The van der Waals surface area contributed by atoms with E-state index in [1.54, 1.807) is 6.26 Å². The molecule has 2 aromatic heterocycles. The third-order valence-corrected chi connectivity index (χ3v) is 5.05. The summed E-state index contributed by atoms with van der Waals surface area (Å²) >= 11 is 0. The third-order valence-electron chi connectivity index (χ3n) is 5.05. The Kier molecular flexibility index (Phi) is 5.82. The molecule has 1 aromatic carbocycles. The van der Waals surface area contributed by atoms with Gasteiger partial charge < -0.3 is 14.3 Å². The number of furan rings is 1. The van der Waals surface area contributed by atoms with E-state index >= 15 is 0 Å². The van der Waals surface area contributed by atoms with Gasteiger partial charge in [-0.3, -0.25) is 9.69 Å². The molecule has 1 aliphatic heterocycles. The van der Waals surface area contributed by atoms with E-state index in [9.17, 15) is 4.79 Å². The number of rotatable bonds is 7. The number of carbonyl (C=O) groups excluding carboxylic acids is 1. The molecule has 0 saturated carbocycles. The second kappa shape index (κ2) is 8.84. The van der Waals surface area contributed by atoms with Crippen molar-refractivity contribution in [3.8, 4) is 0 Å². The molecule has 7 heteroatoms. The van der Waals surface area contributed by atoms with E-state index in [-0.39, 0.29) is 11.8 Å². The predicted molar refractivity (Wildman–Crippen MR) is 102 cm³/mol. The molecule has 1 N–H and O–H groups in total. The molecule has 0 radical (unpaired) electrons. The maximum absolute atomic E-state index is 12.5. The lowest BCUT2D eigenvalue weighted by Crippen LogP contribution is -2.40. The highest BCUT2D eigenvalue weighted by Crippen LogP contribution is 2.19. The van der Waals surface area contributed by atoms with Crippen LogP contribution in [-0.4, -0.2) is 34.0 Å². The van der Waals surface area contributed by atoms with Crippen molar-refractivity contribution in [2.45, 2.75) is 32.4 Å². The van der Waals surface area contributed by atoms with Crippen LogP contribution in [0, 0.1) is 5.92 Å². The molecule has 0 spiro atoms. The zero-order valence-electron chi connectivity index (χ0n) is 15.7. The first-order valence-corrected chi connectivity index (χ1v) is 9.64. The minimum atomic E-state index is 0.0311. The summed E-state index contributed by atoms with van der Waals surface area (Å²) in [4.78, 5) is 19.1. The number of hydrogen-bond donors (Lipinski definition) is 1. The van der Waals surface area contributed by atoms with Crippen LogP contribution in [0.1, 0.15) is 35.9 Å². The van der Waals surface area contributed by atoms with Gasteiger partial charge in [0.15, 0.2) is 5.82 Å². The fourth-order valence-electron chi connectivity index (χ4n) is 3.49. The maximum atomic E-state index is 12.5. The summed E-state index contributed by atoms with van der Waals surface area (Å²) in [6.45, 7) is 2.88. The quantitative estimate of drug-likeness (QED) is 0.678. The fourth-order valence-corrected chi connectivity index (χ4v) is 3.49. The summed E-state index contributed by atoms with van der Waals surface area (Å²) in [6.07, 6.45) is 3.98. The predicted octanol–water partition coefficient (Wildman–Crippen LogP) is 2.78. The number of piperidine rings is 1. The number of benzene rings is 1. The van der Waals surface area contributed by atoms with Crippen LogP contribution in [0.15, 0.2) is 57.7 Å². The fraction of sp³-hybridized carbons (Fsp3) is 0.381. The van der Waals surface area contributed by atoms with E-state index in [1.165, 1.54) is 0 Å². The Morgan fingerprint density at radius 1 is 1.14 bits per heavy atom. The first kappa shape index (κ1) is 18.4. The third kappa shape index (κ3) is 4.86. The number of aromatic nitrogens is 2. The van der Waals surface area contributed by atoms with Gasteiger partial charge >= 0.3 is 0 Å². The van der Waals surface area contributed by atoms with Crippen molar-refractivity contribution in [3.05, 3.63) is 71.8 Å². The highest BCUT2D eigenvalue weighted by molar-refractivity contribution is 5.78. The average Bonchev–Trinajstić information content (AvgIpc) is 3.40. The Morgan fingerprint density at radius 2 is 1.96 bits per heavy atom. The summed E-state index contributed by atoms with van der Waals surface area (Å²) in [5.41, 5.74) is 1.11. The molecule has 1 saturated heterocycles. The van der Waals surface area contributed by atoms with Gasteiger partial charge in [0.2, 0.25) is 11.8 Å². The standard InChI is InChI=1S/C21H24N4O3/c26-21(17-8-10-25(11-9-17)15-18-7-4-12-27-18)22-14-19-23-20(28-24-19)13-16-5-2-1-3-6-16/h1-7,12,17H,8-11,13-15H2,(H,22,26). The van der Waals surface area contributed by atoms with Crippen molar-refractivity contribution < 1.29 is 13.7 Å². The van der Waals surface area contributed by atoms with Crippen molar-refractivity contribution >= 4 is 5.91 Å². The van der Waals surface area contributed by atoms with Gasteiger partial charge in [0.25, 0.3) is 0 Å². The molecular formula is C21H24N4O3. The van der Waals surface area contributed by atoms with E-state index in [0.29, 0.717) is 24.7 Å². The molecule has 1 fully saturated rings. The van der Waals surface area contributed by atoms with Crippen molar-refractivity contribution in [2.75, 3.05) is 13.1 Å². The van der Waals surface area contributed by atoms with Gasteiger partial charge in [-0.15, -0.1) is 0 Å². The van der Waals surface area contributed by atoms with Crippen LogP contribution in [0.4, 0.5) is 0 Å². The lowest BCUT2D eigenvalue weighted by molar-refractivity contribution is -0.126. The van der Waals surface area contributed by atoms with Gasteiger partial charge in [0.1, 0.15) is 5.76 Å². The molecule has 0 bridgehead atoms. The first-order valence-electron chi connectivity index (χ1n) is 9.64. The summed E-state index contributed by atoms with van der Waals surface area (Å²) < 4.78 is 10.7. The Morgan fingerprint density at radius 3 is 2.71 bits per heavy atom. The molecule has 3 aromatic rings. The lowest BCUT2D eigenvalue weighted by atomic mass is 9.96. The number of likely N-dealkylation sites (tertiary alicyclic amines) is 1. The van der Waals surface area contributed by atoms with Crippen LogP contribution in [0.2, 0.25) is 0 Å². The van der Waals surface area contributed by atoms with E-state index < -0.39 is 0 Å². The van der Waals surface area contributed by atoms with Crippen LogP contribution in [0.25, 0.3) is 0 Å². The second-order valence-electron chi connectivity index (χ2n) is 7.11. The van der Waals surface area contributed by atoms with Gasteiger partial charge in [-0.25, -0.2) is 0 Å². The molecule has 1 amide bonds. The summed E-state index contributed by atoms with van der Waals surface area (Å²) in [5, 5.41) is 6.91. The number of nitrogens with one attached hydrogen (secondary N) is 1. The number of amides is 1. The van der Waals surface area contributed by atoms with Crippen LogP contribution in [-0.2, 0) is 24.3 Å². The molecule has 28 heavy (non-hydrogen) atoms.